The van der Waals surface area contributed by atoms with Crippen molar-refractivity contribution in [3.05, 3.63) is 46.2 Å². The molecule has 0 aliphatic rings. The fourth-order valence-electron chi connectivity index (χ4n) is 1.77. The maximum atomic E-state index is 12.3. The van der Waals surface area contributed by atoms with E-state index in [1.54, 1.807) is 6.07 Å². The van der Waals surface area contributed by atoms with Gasteiger partial charge < -0.3 is 10.6 Å². The first-order valence-electron chi connectivity index (χ1n) is 6.63. The van der Waals surface area contributed by atoms with Gasteiger partial charge in [0.2, 0.25) is 5.95 Å². The lowest BCUT2D eigenvalue weighted by Crippen LogP contribution is -2.18. The Balaban J connectivity index is 2.20. The summed E-state index contributed by atoms with van der Waals surface area (Å²) in [6, 6.07) is 9.28. The number of hydrogen-bond donors (Lipinski definition) is 2. The van der Waals surface area contributed by atoms with E-state index in [-0.39, 0.29) is 11.9 Å². The Morgan fingerprint density at radius 1 is 1.24 bits per heavy atom. The largest absolute Gasteiger partial charge is 0.352 e. The lowest BCUT2D eigenvalue weighted by Gasteiger charge is -2.11. The molecular weight excluding hydrogens is 332 g/mol. The zero-order valence-electron chi connectivity index (χ0n) is 12.1. The number of aryl methyl sites for hydroxylation is 1. The average molecular weight is 349 g/mol. The molecule has 0 radical (unpaired) electrons. The van der Waals surface area contributed by atoms with Crippen molar-refractivity contribution in [2.24, 2.45) is 0 Å². The molecule has 0 saturated carbocycles. The number of carbonyl (C=O) groups excluding carboxylic acids is 1. The van der Waals surface area contributed by atoms with Crippen LogP contribution >= 0.6 is 15.9 Å². The molecule has 0 unspecified atom stereocenters. The number of carbonyl (C=O) groups is 1. The van der Waals surface area contributed by atoms with E-state index in [1.807, 2.05) is 45.0 Å². The van der Waals surface area contributed by atoms with E-state index in [0.717, 1.165) is 10.2 Å². The first kappa shape index (κ1) is 15.4. The number of anilines is 2. The van der Waals surface area contributed by atoms with E-state index in [0.29, 0.717) is 17.3 Å². The highest BCUT2D eigenvalue weighted by Crippen LogP contribution is 2.16. The molecule has 21 heavy (non-hydrogen) atoms. The maximum absolute atomic E-state index is 12.3. The van der Waals surface area contributed by atoms with Crippen molar-refractivity contribution in [2.45, 2.75) is 26.8 Å². The Bertz CT molecular complexity index is 658. The third-order valence-corrected chi connectivity index (χ3v) is 3.08. The minimum Gasteiger partial charge on any atom is -0.352 e. The smallest absolute Gasteiger partial charge is 0.274 e. The lowest BCUT2D eigenvalue weighted by molar-refractivity contribution is 0.102. The molecule has 1 heterocycles. The molecule has 1 amide bonds. The van der Waals surface area contributed by atoms with E-state index < -0.39 is 0 Å². The number of nitrogens with one attached hydrogen (secondary N) is 2. The summed E-state index contributed by atoms with van der Waals surface area (Å²) in [7, 11) is 0. The molecule has 1 aromatic carbocycles. The fourth-order valence-corrected chi connectivity index (χ4v) is 2.17. The minimum atomic E-state index is -0.259. The first-order valence-corrected chi connectivity index (χ1v) is 7.42. The summed E-state index contributed by atoms with van der Waals surface area (Å²) in [4.78, 5) is 20.8. The van der Waals surface area contributed by atoms with E-state index in [1.165, 1.54) is 0 Å². The van der Waals surface area contributed by atoms with Crippen molar-refractivity contribution in [1.29, 1.82) is 0 Å². The molecule has 0 aliphatic carbocycles. The Morgan fingerprint density at radius 2 is 2.00 bits per heavy atom. The number of amides is 1. The molecule has 6 heteroatoms. The lowest BCUT2D eigenvalue weighted by atomic mass is 10.3. The third kappa shape index (κ3) is 4.53. The summed E-state index contributed by atoms with van der Waals surface area (Å²) in [5, 5.41) is 5.92. The first-order chi connectivity index (χ1) is 9.94. The van der Waals surface area contributed by atoms with Crippen LogP contribution in [0.2, 0.25) is 0 Å². The quantitative estimate of drug-likeness (QED) is 0.885. The van der Waals surface area contributed by atoms with E-state index in [2.05, 4.69) is 36.5 Å². The van der Waals surface area contributed by atoms with Crippen molar-refractivity contribution in [3.63, 3.8) is 0 Å². The van der Waals surface area contributed by atoms with Gasteiger partial charge >= 0.3 is 0 Å². The molecule has 0 spiro atoms. The number of benzene rings is 1. The van der Waals surface area contributed by atoms with Crippen LogP contribution in [-0.2, 0) is 0 Å². The standard InChI is InChI=1S/C15H17BrN4O/c1-9(2)17-15-18-10(3)7-13(20-15)14(21)19-12-6-4-5-11(16)8-12/h4-9H,1-3H3,(H,19,21)(H,17,18,20). The summed E-state index contributed by atoms with van der Waals surface area (Å²) < 4.78 is 0.904. The van der Waals surface area contributed by atoms with Crippen molar-refractivity contribution < 1.29 is 4.79 Å². The SMILES string of the molecule is Cc1cc(C(=O)Nc2cccc(Br)c2)nc(NC(C)C)n1. The summed E-state index contributed by atoms with van der Waals surface area (Å²) in [6.07, 6.45) is 0. The van der Waals surface area contributed by atoms with Crippen LogP contribution in [0, 0.1) is 6.92 Å². The zero-order valence-corrected chi connectivity index (χ0v) is 13.7. The van der Waals surface area contributed by atoms with Gasteiger partial charge in [-0.05, 0) is 45.0 Å². The summed E-state index contributed by atoms with van der Waals surface area (Å²) in [6.45, 7) is 5.82. The van der Waals surface area contributed by atoms with Gasteiger partial charge in [0, 0.05) is 21.9 Å². The molecular formula is C15H17BrN4O. The minimum absolute atomic E-state index is 0.202. The van der Waals surface area contributed by atoms with Crippen LogP contribution in [0.5, 0.6) is 0 Å². The number of aromatic nitrogens is 2. The van der Waals surface area contributed by atoms with Crippen LogP contribution in [0.1, 0.15) is 30.0 Å². The van der Waals surface area contributed by atoms with Crippen molar-refractivity contribution in [1.82, 2.24) is 9.97 Å². The van der Waals surface area contributed by atoms with Crippen molar-refractivity contribution in [3.8, 4) is 0 Å². The van der Waals surface area contributed by atoms with E-state index in [4.69, 9.17) is 0 Å². The summed E-state index contributed by atoms with van der Waals surface area (Å²) in [5.41, 5.74) is 1.79. The zero-order chi connectivity index (χ0) is 15.4. The second kappa shape index (κ2) is 6.67. The van der Waals surface area contributed by atoms with Crippen LogP contribution in [-0.4, -0.2) is 21.9 Å². The van der Waals surface area contributed by atoms with E-state index >= 15 is 0 Å². The number of hydrogen-bond acceptors (Lipinski definition) is 4. The molecule has 0 bridgehead atoms. The molecule has 0 atom stereocenters. The predicted octanol–water partition coefficient (Wildman–Crippen LogP) is 3.62. The van der Waals surface area contributed by atoms with Gasteiger partial charge in [-0.15, -0.1) is 0 Å². The Kier molecular flexibility index (Phi) is 4.90. The Morgan fingerprint density at radius 3 is 2.67 bits per heavy atom. The molecule has 1 aromatic heterocycles. The molecule has 2 N–H and O–H groups in total. The van der Waals surface area contributed by atoms with Gasteiger partial charge in [-0.2, -0.15) is 0 Å². The Labute approximate surface area is 132 Å². The van der Waals surface area contributed by atoms with Gasteiger partial charge in [0.1, 0.15) is 5.69 Å². The maximum Gasteiger partial charge on any atom is 0.274 e. The molecule has 2 rings (SSSR count). The average Bonchev–Trinajstić information content (AvgIpc) is 2.37. The van der Waals surface area contributed by atoms with Crippen LogP contribution in [0.15, 0.2) is 34.8 Å². The van der Waals surface area contributed by atoms with Crippen molar-refractivity contribution >= 4 is 33.5 Å². The molecule has 2 aromatic rings. The van der Waals surface area contributed by atoms with Gasteiger partial charge in [0.15, 0.2) is 0 Å². The van der Waals surface area contributed by atoms with Gasteiger partial charge in [0.05, 0.1) is 0 Å². The molecule has 110 valence electrons. The number of rotatable bonds is 4. The van der Waals surface area contributed by atoms with Gasteiger partial charge in [-0.25, -0.2) is 9.97 Å². The summed E-state index contributed by atoms with van der Waals surface area (Å²) in [5.74, 6) is 0.204. The van der Waals surface area contributed by atoms with Gasteiger partial charge in [-0.1, -0.05) is 22.0 Å². The molecule has 0 saturated heterocycles. The second-order valence-electron chi connectivity index (χ2n) is 4.98. The van der Waals surface area contributed by atoms with Gasteiger partial charge in [0.25, 0.3) is 5.91 Å². The highest BCUT2D eigenvalue weighted by Gasteiger charge is 2.11. The molecule has 5 nitrogen and oxygen atoms in total. The van der Waals surface area contributed by atoms with Crippen LogP contribution in [0.3, 0.4) is 0 Å². The third-order valence-electron chi connectivity index (χ3n) is 2.59. The molecule has 0 aliphatic heterocycles. The highest BCUT2D eigenvalue weighted by molar-refractivity contribution is 9.10. The predicted molar refractivity (Wildman–Crippen MR) is 87.6 cm³/mol. The van der Waals surface area contributed by atoms with Crippen LogP contribution in [0.4, 0.5) is 11.6 Å². The van der Waals surface area contributed by atoms with E-state index in [9.17, 15) is 4.79 Å². The topological polar surface area (TPSA) is 66.9 Å². The number of halogens is 1. The molecule has 0 fully saturated rings. The van der Waals surface area contributed by atoms with Crippen LogP contribution < -0.4 is 10.6 Å². The normalized spacial score (nSPS) is 10.5. The Hall–Kier alpha value is -1.95. The summed E-state index contributed by atoms with van der Waals surface area (Å²) >= 11 is 3.37. The fraction of sp³-hybridized carbons (Fsp3) is 0.267. The van der Waals surface area contributed by atoms with Crippen molar-refractivity contribution in [2.75, 3.05) is 10.6 Å². The van der Waals surface area contributed by atoms with Gasteiger partial charge in [-0.3, -0.25) is 4.79 Å². The number of nitrogens with zero attached hydrogens (tertiary/aromatic N) is 2. The second-order valence-corrected chi connectivity index (χ2v) is 5.90. The monoisotopic (exact) mass is 348 g/mol. The van der Waals surface area contributed by atoms with Crippen LogP contribution in [0.25, 0.3) is 0 Å². The highest BCUT2D eigenvalue weighted by atomic mass is 79.9.